The third-order valence-corrected chi connectivity index (χ3v) is 4.76. The van der Waals surface area contributed by atoms with Gasteiger partial charge in [0.05, 0.1) is 10.6 Å². The summed E-state index contributed by atoms with van der Waals surface area (Å²) in [6.07, 6.45) is 0.520. The lowest BCUT2D eigenvalue weighted by Gasteiger charge is -2.30. The van der Waals surface area contributed by atoms with Crippen molar-refractivity contribution in [3.05, 3.63) is 29.6 Å². The molecule has 0 radical (unpaired) electrons. The van der Waals surface area contributed by atoms with Crippen molar-refractivity contribution < 1.29 is 12.8 Å². The van der Waals surface area contributed by atoms with E-state index in [0.29, 0.717) is 12.0 Å². The molecule has 1 heterocycles. The van der Waals surface area contributed by atoms with E-state index in [9.17, 15) is 12.8 Å². The van der Waals surface area contributed by atoms with Crippen LogP contribution < -0.4 is 0 Å². The minimum atomic E-state index is -3.22. The maximum absolute atomic E-state index is 13.2. The van der Waals surface area contributed by atoms with Gasteiger partial charge in [-0.2, -0.15) is 0 Å². The van der Waals surface area contributed by atoms with Crippen LogP contribution in [0.5, 0.6) is 0 Å². The Morgan fingerprint density at radius 1 is 1.38 bits per heavy atom. The van der Waals surface area contributed by atoms with Gasteiger partial charge in [-0.05, 0) is 44.3 Å². The molecule has 1 aliphatic heterocycles. The molecule has 5 heteroatoms. The molecule has 2 rings (SSSR count). The summed E-state index contributed by atoms with van der Waals surface area (Å²) in [7, 11) is 0.526. The van der Waals surface area contributed by atoms with Gasteiger partial charge in [-0.1, -0.05) is 0 Å². The van der Waals surface area contributed by atoms with E-state index >= 15 is 0 Å². The zero-order valence-corrected chi connectivity index (χ0v) is 10.1. The Labute approximate surface area is 94.8 Å². The van der Waals surface area contributed by atoms with Crippen LogP contribution in [0.2, 0.25) is 0 Å². The van der Waals surface area contributed by atoms with Crippen molar-refractivity contribution in [2.45, 2.75) is 17.4 Å². The van der Waals surface area contributed by atoms with Crippen LogP contribution in [0, 0.1) is 5.82 Å². The van der Waals surface area contributed by atoms with Gasteiger partial charge in [0.25, 0.3) is 0 Å². The second-order valence-electron chi connectivity index (χ2n) is 4.27. The highest BCUT2D eigenvalue weighted by molar-refractivity contribution is 7.91. The molecule has 1 unspecified atom stereocenters. The molecule has 0 aromatic heterocycles. The Hall–Kier alpha value is -0.940. The topological polar surface area (TPSA) is 37.4 Å². The highest BCUT2D eigenvalue weighted by Gasteiger charge is 2.31. The average molecular weight is 243 g/mol. The number of sulfone groups is 1. The number of fused-ring (bicyclic) bond motifs is 1. The summed E-state index contributed by atoms with van der Waals surface area (Å²) >= 11 is 0. The highest BCUT2D eigenvalue weighted by Crippen LogP contribution is 2.35. The number of hydrogen-bond donors (Lipinski definition) is 0. The molecule has 0 amide bonds. The van der Waals surface area contributed by atoms with Gasteiger partial charge in [-0.15, -0.1) is 0 Å². The molecular formula is C11H14FNO2S. The Morgan fingerprint density at radius 2 is 2.06 bits per heavy atom. The fourth-order valence-electron chi connectivity index (χ4n) is 2.13. The summed E-state index contributed by atoms with van der Waals surface area (Å²) < 4.78 is 36.8. The molecule has 0 bridgehead atoms. The van der Waals surface area contributed by atoms with Crippen molar-refractivity contribution in [2.24, 2.45) is 0 Å². The lowest BCUT2D eigenvalue weighted by molar-refractivity contribution is 0.284. The van der Waals surface area contributed by atoms with E-state index < -0.39 is 9.84 Å². The predicted molar refractivity (Wildman–Crippen MR) is 59.5 cm³/mol. The maximum atomic E-state index is 13.2. The summed E-state index contributed by atoms with van der Waals surface area (Å²) in [6, 6.07) is 3.88. The molecule has 88 valence electrons. The van der Waals surface area contributed by atoms with Crippen LogP contribution in [-0.4, -0.2) is 33.2 Å². The van der Waals surface area contributed by atoms with E-state index in [1.807, 2.05) is 19.0 Å². The fraction of sp³-hybridized carbons (Fsp3) is 0.455. The molecule has 3 nitrogen and oxygen atoms in total. The van der Waals surface area contributed by atoms with Crippen LogP contribution >= 0.6 is 0 Å². The van der Waals surface area contributed by atoms with Gasteiger partial charge in [-0.3, -0.25) is 0 Å². The normalized spacial score (nSPS) is 23.1. The minimum Gasteiger partial charge on any atom is -0.302 e. The quantitative estimate of drug-likeness (QED) is 0.703. The summed E-state index contributed by atoms with van der Waals surface area (Å²) in [5.74, 6) is -0.253. The van der Waals surface area contributed by atoms with Crippen LogP contribution in [0.4, 0.5) is 4.39 Å². The average Bonchev–Trinajstić information content (AvgIpc) is 2.16. The number of rotatable bonds is 1. The molecule has 1 aliphatic rings. The summed E-state index contributed by atoms with van der Waals surface area (Å²) in [5.41, 5.74) is 0.580. The Kier molecular flexibility index (Phi) is 2.75. The van der Waals surface area contributed by atoms with E-state index in [1.165, 1.54) is 18.2 Å². The summed E-state index contributed by atoms with van der Waals surface area (Å²) in [5, 5.41) is 0. The number of benzene rings is 1. The van der Waals surface area contributed by atoms with Crippen molar-refractivity contribution in [3.63, 3.8) is 0 Å². The van der Waals surface area contributed by atoms with Gasteiger partial charge in [0.2, 0.25) is 0 Å². The molecule has 0 fully saturated rings. The molecule has 0 N–H and O–H groups in total. The van der Waals surface area contributed by atoms with Crippen LogP contribution in [-0.2, 0) is 9.84 Å². The summed E-state index contributed by atoms with van der Waals surface area (Å²) in [4.78, 5) is 2.20. The van der Waals surface area contributed by atoms with Crippen molar-refractivity contribution in [1.29, 1.82) is 0 Å². The lowest BCUT2D eigenvalue weighted by Crippen LogP contribution is -2.29. The maximum Gasteiger partial charge on any atom is 0.178 e. The van der Waals surface area contributed by atoms with E-state index in [1.54, 1.807) is 0 Å². The first kappa shape index (κ1) is 11.5. The molecule has 0 saturated heterocycles. The lowest BCUT2D eigenvalue weighted by atomic mass is 10.0. The van der Waals surface area contributed by atoms with Gasteiger partial charge in [0.15, 0.2) is 9.84 Å². The largest absolute Gasteiger partial charge is 0.302 e. The Morgan fingerprint density at radius 3 is 2.69 bits per heavy atom. The van der Waals surface area contributed by atoms with E-state index in [-0.39, 0.29) is 22.5 Å². The smallest absolute Gasteiger partial charge is 0.178 e. The van der Waals surface area contributed by atoms with Gasteiger partial charge in [-0.25, -0.2) is 12.8 Å². The second kappa shape index (κ2) is 3.82. The van der Waals surface area contributed by atoms with Crippen molar-refractivity contribution in [3.8, 4) is 0 Å². The van der Waals surface area contributed by atoms with Crippen LogP contribution in [0.3, 0.4) is 0 Å². The Balaban J connectivity index is 2.63. The first-order valence-electron chi connectivity index (χ1n) is 5.10. The first-order valence-corrected chi connectivity index (χ1v) is 6.75. The van der Waals surface area contributed by atoms with Crippen molar-refractivity contribution in [1.82, 2.24) is 4.90 Å². The van der Waals surface area contributed by atoms with Crippen molar-refractivity contribution in [2.75, 3.05) is 19.8 Å². The molecule has 16 heavy (non-hydrogen) atoms. The molecule has 1 aromatic rings. The zero-order valence-electron chi connectivity index (χ0n) is 9.27. The SMILES string of the molecule is CN(C)C1CCS(=O)(=O)c2ccc(F)cc21. The van der Waals surface area contributed by atoms with Gasteiger partial charge in [0, 0.05) is 6.04 Å². The van der Waals surface area contributed by atoms with Crippen molar-refractivity contribution >= 4 is 9.84 Å². The fourth-order valence-corrected chi connectivity index (χ4v) is 3.71. The molecule has 1 atom stereocenters. The number of hydrogen-bond acceptors (Lipinski definition) is 3. The van der Waals surface area contributed by atoms with E-state index in [4.69, 9.17) is 0 Å². The van der Waals surface area contributed by atoms with Gasteiger partial charge >= 0.3 is 0 Å². The monoisotopic (exact) mass is 243 g/mol. The first-order chi connectivity index (χ1) is 7.42. The standard InChI is InChI=1S/C11H14FNO2S/c1-13(2)10-5-6-16(14,15)11-4-3-8(12)7-9(10)11/h3-4,7,10H,5-6H2,1-2H3. The molecule has 0 saturated carbocycles. The van der Waals surface area contributed by atoms with Crippen LogP contribution in [0.1, 0.15) is 18.0 Å². The molecule has 0 aliphatic carbocycles. The molecular weight excluding hydrogens is 229 g/mol. The highest BCUT2D eigenvalue weighted by atomic mass is 32.2. The number of halogens is 1. The Bertz CT molecular complexity index is 511. The zero-order chi connectivity index (χ0) is 11.9. The third kappa shape index (κ3) is 1.85. The van der Waals surface area contributed by atoms with E-state index in [0.717, 1.165) is 0 Å². The minimum absolute atomic E-state index is 0.0192. The second-order valence-corrected chi connectivity index (χ2v) is 6.35. The summed E-state index contributed by atoms with van der Waals surface area (Å²) in [6.45, 7) is 0. The van der Waals surface area contributed by atoms with E-state index in [2.05, 4.69) is 0 Å². The van der Waals surface area contributed by atoms with Crippen LogP contribution in [0.15, 0.2) is 23.1 Å². The van der Waals surface area contributed by atoms with Gasteiger partial charge < -0.3 is 4.90 Å². The van der Waals surface area contributed by atoms with Gasteiger partial charge in [0.1, 0.15) is 5.82 Å². The van der Waals surface area contributed by atoms with Crippen LogP contribution in [0.25, 0.3) is 0 Å². The third-order valence-electron chi connectivity index (χ3n) is 2.95. The molecule has 1 aromatic carbocycles. The molecule has 0 spiro atoms. The predicted octanol–water partition coefficient (Wildman–Crippen LogP) is 1.61. The number of nitrogens with zero attached hydrogens (tertiary/aromatic N) is 1.